The topological polar surface area (TPSA) is 96.3 Å². The SMILES string of the molecule is CNC(=O)c1ccc([N+](=O)[O-])c(NC2CCNC(C)C2)c1. The number of rotatable bonds is 4. The first kappa shape index (κ1) is 15.2. The molecule has 0 spiro atoms. The molecular weight excluding hydrogens is 272 g/mol. The standard InChI is InChI=1S/C14H20N4O3/c1-9-7-11(5-6-16-9)17-12-8-10(14(19)15-2)3-4-13(12)18(20)21/h3-4,8-9,11,16-17H,5-7H2,1-2H3,(H,15,19). The summed E-state index contributed by atoms with van der Waals surface area (Å²) in [5.41, 5.74) is 0.807. The molecule has 7 heteroatoms. The van der Waals surface area contributed by atoms with Gasteiger partial charge in [0, 0.05) is 30.8 Å². The molecule has 21 heavy (non-hydrogen) atoms. The van der Waals surface area contributed by atoms with Gasteiger partial charge in [-0.05, 0) is 38.4 Å². The molecule has 2 unspecified atom stereocenters. The highest BCUT2D eigenvalue weighted by atomic mass is 16.6. The number of nitrogens with zero attached hydrogens (tertiary/aromatic N) is 1. The number of carbonyl (C=O) groups is 1. The van der Waals surface area contributed by atoms with Crippen molar-refractivity contribution in [2.45, 2.75) is 31.8 Å². The summed E-state index contributed by atoms with van der Waals surface area (Å²) in [7, 11) is 1.53. The quantitative estimate of drug-likeness (QED) is 0.577. The number of carbonyl (C=O) groups excluding carboxylic acids is 1. The highest BCUT2D eigenvalue weighted by molar-refractivity contribution is 5.95. The van der Waals surface area contributed by atoms with Crippen molar-refractivity contribution >= 4 is 17.3 Å². The first-order valence-corrected chi connectivity index (χ1v) is 7.01. The number of amides is 1. The number of hydrogen-bond acceptors (Lipinski definition) is 5. The van der Waals surface area contributed by atoms with Gasteiger partial charge in [-0.1, -0.05) is 0 Å². The van der Waals surface area contributed by atoms with E-state index in [1.807, 2.05) is 0 Å². The van der Waals surface area contributed by atoms with E-state index in [9.17, 15) is 14.9 Å². The zero-order valence-electron chi connectivity index (χ0n) is 12.2. The van der Waals surface area contributed by atoms with Gasteiger partial charge in [-0.15, -0.1) is 0 Å². The van der Waals surface area contributed by atoms with Crippen LogP contribution in [0.2, 0.25) is 0 Å². The van der Waals surface area contributed by atoms with E-state index >= 15 is 0 Å². The average Bonchev–Trinajstić information content (AvgIpc) is 2.46. The largest absolute Gasteiger partial charge is 0.377 e. The van der Waals surface area contributed by atoms with Crippen molar-refractivity contribution in [1.29, 1.82) is 0 Å². The van der Waals surface area contributed by atoms with Crippen LogP contribution in [0.4, 0.5) is 11.4 Å². The van der Waals surface area contributed by atoms with Gasteiger partial charge in [0.25, 0.3) is 11.6 Å². The first-order valence-electron chi connectivity index (χ1n) is 7.01. The monoisotopic (exact) mass is 292 g/mol. The maximum absolute atomic E-state index is 11.7. The predicted octanol–water partition coefficient (Wildman–Crippen LogP) is 1.51. The third-order valence-corrected chi connectivity index (χ3v) is 3.67. The van der Waals surface area contributed by atoms with E-state index in [-0.39, 0.29) is 17.6 Å². The Morgan fingerprint density at radius 2 is 2.24 bits per heavy atom. The van der Waals surface area contributed by atoms with Gasteiger partial charge in [-0.25, -0.2) is 0 Å². The summed E-state index contributed by atoms with van der Waals surface area (Å²) in [4.78, 5) is 22.4. The van der Waals surface area contributed by atoms with Gasteiger partial charge < -0.3 is 16.0 Å². The number of hydrogen-bond donors (Lipinski definition) is 3. The molecule has 0 aromatic heterocycles. The second-order valence-electron chi connectivity index (χ2n) is 5.29. The van der Waals surface area contributed by atoms with Gasteiger partial charge in [0.2, 0.25) is 0 Å². The molecule has 1 fully saturated rings. The molecule has 7 nitrogen and oxygen atoms in total. The van der Waals surface area contributed by atoms with Crippen LogP contribution in [0, 0.1) is 10.1 Å². The number of piperidine rings is 1. The normalized spacial score (nSPS) is 21.6. The minimum Gasteiger partial charge on any atom is -0.377 e. The van der Waals surface area contributed by atoms with Crippen molar-refractivity contribution in [3.63, 3.8) is 0 Å². The molecule has 3 N–H and O–H groups in total. The maximum Gasteiger partial charge on any atom is 0.292 e. The van der Waals surface area contributed by atoms with Crippen molar-refractivity contribution in [3.05, 3.63) is 33.9 Å². The van der Waals surface area contributed by atoms with E-state index in [4.69, 9.17) is 0 Å². The summed E-state index contributed by atoms with van der Waals surface area (Å²) in [6.07, 6.45) is 1.78. The van der Waals surface area contributed by atoms with Crippen molar-refractivity contribution in [2.24, 2.45) is 0 Å². The molecule has 1 aliphatic rings. The van der Waals surface area contributed by atoms with E-state index < -0.39 is 4.92 Å². The molecule has 0 bridgehead atoms. The van der Waals surface area contributed by atoms with Crippen LogP contribution < -0.4 is 16.0 Å². The number of benzene rings is 1. The Morgan fingerprint density at radius 1 is 1.48 bits per heavy atom. The number of nitro benzene ring substituents is 1. The minimum atomic E-state index is -0.430. The minimum absolute atomic E-state index is 0.00570. The highest BCUT2D eigenvalue weighted by Gasteiger charge is 2.22. The summed E-state index contributed by atoms with van der Waals surface area (Å²) >= 11 is 0. The van der Waals surface area contributed by atoms with Gasteiger partial charge in [0.05, 0.1) is 4.92 Å². The van der Waals surface area contributed by atoms with Crippen LogP contribution >= 0.6 is 0 Å². The molecule has 0 saturated carbocycles. The number of nitro groups is 1. The van der Waals surface area contributed by atoms with E-state index in [1.165, 1.54) is 19.2 Å². The van der Waals surface area contributed by atoms with Gasteiger partial charge >= 0.3 is 0 Å². The van der Waals surface area contributed by atoms with Crippen molar-refractivity contribution < 1.29 is 9.72 Å². The molecule has 1 amide bonds. The molecule has 1 aliphatic heterocycles. The Morgan fingerprint density at radius 3 is 2.86 bits per heavy atom. The van der Waals surface area contributed by atoms with E-state index in [1.54, 1.807) is 6.07 Å². The van der Waals surface area contributed by atoms with Gasteiger partial charge in [-0.3, -0.25) is 14.9 Å². The van der Waals surface area contributed by atoms with E-state index in [2.05, 4.69) is 22.9 Å². The van der Waals surface area contributed by atoms with Crippen LogP contribution in [-0.2, 0) is 0 Å². The number of anilines is 1. The zero-order valence-corrected chi connectivity index (χ0v) is 12.2. The Labute approximate surface area is 123 Å². The fourth-order valence-corrected chi connectivity index (χ4v) is 2.58. The predicted molar refractivity (Wildman–Crippen MR) is 80.6 cm³/mol. The Hall–Kier alpha value is -2.15. The third kappa shape index (κ3) is 3.69. The van der Waals surface area contributed by atoms with Crippen LogP contribution in [0.5, 0.6) is 0 Å². The molecule has 0 aliphatic carbocycles. The lowest BCUT2D eigenvalue weighted by Gasteiger charge is -2.29. The van der Waals surface area contributed by atoms with Crippen LogP contribution in [0.3, 0.4) is 0 Å². The lowest BCUT2D eigenvalue weighted by atomic mass is 10.00. The second-order valence-corrected chi connectivity index (χ2v) is 5.29. The lowest BCUT2D eigenvalue weighted by Crippen LogP contribution is -2.41. The molecule has 114 valence electrons. The van der Waals surface area contributed by atoms with Gasteiger partial charge in [0.15, 0.2) is 0 Å². The van der Waals surface area contributed by atoms with E-state index in [0.29, 0.717) is 17.3 Å². The summed E-state index contributed by atoms with van der Waals surface area (Å²) in [5, 5.41) is 20.2. The highest BCUT2D eigenvalue weighted by Crippen LogP contribution is 2.27. The summed E-state index contributed by atoms with van der Waals surface area (Å²) in [5.74, 6) is -0.258. The third-order valence-electron chi connectivity index (χ3n) is 3.67. The summed E-state index contributed by atoms with van der Waals surface area (Å²) in [6, 6.07) is 4.92. The molecule has 2 rings (SSSR count). The smallest absolute Gasteiger partial charge is 0.292 e. The zero-order chi connectivity index (χ0) is 15.4. The average molecular weight is 292 g/mol. The molecule has 1 saturated heterocycles. The molecular formula is C14H20N4O3. The van der Waals surface area contributed by atoms with Gasteiger partial charge in [0.1, 0.15) is 5.69 Å². The van der Waals surface area contributed by atoms with Crippen molar-refractivity contribution in [2.75, 3.05) is 18.9 Å². The van der Waals surface area contributed by atoms with Crippen molar-refractivity contribution in [1.82, 2.24) is 10.6 Å². The molecule has 1 heterocycles. The van der Waals surface area contributed by atoms with Gasteiger partial charge in [-0.2, -0.15) is 0 Å². The maximum atomic E-state index is 11.7. The first-order chi connectivity index (χ1) is 10.0. The van der Waals surface area contributed by atoms with E-state index in [0.717, 1.165) is 19.4 Å². The molecule has 2 atom stereocenters. The fraction of sp³-hybridized carbons (Fsp3) is 0.500. The molecule has 0 radical (unpaired) electrons. The van der Waals surface area contributed by atoms with Crippen LogP contribution in [0.15, 0.2) is 18.2 Å². The summed E-state index contributed by atoms with van der Waals surface area (Å²) < 4.78 is 0. The Balaban J connectivity index is 2.25. The Bertz CT molecular complexity index is 547. The Kier molecular flexibility index (Phi) is 4.74. The lowest BCUT2D eigenvalue weighted by molar-refractivity contribution is -0.384. The number of nitrogens with one attached hydrogen (secondary N) is 3. The van der Waals surface area contributed by atoms with Crippen molar-refractivity contribution in [3.8, 4) is 0 Å². The van der Waals surface area contributed by atoms with Crippen LogP contribution in [-0.4, -0.2) is 36.5 Å². The molecule has 1 aromatic rings. The van der Waals surface area contributed by atoms with Crippen LogP contribution in [0.25, 0.3) is 0 Å². The molecule has 1 aromatic carbocycles. The summed E-state index contributed by atoms with van der Waals surface area (Å²) in [6.45, 7) is 2.96. The van der Waals surface area contributed by atoms with Crippen LogP contribution in [0.1, 0.15) is 30.1 Å². The second kappa shape index (κ2) is 6.53. The fourth-order valence-electron chi connectivity index (χ4n) is 2.58.